The molecule has 0 aliphatic carbocycles. The molecule has 0 radical (unpaired) electrons. The molecule has 0 aliphatic heterocycles. The summed E-state index contributed by atoms with van der Waals surface area (Å²) >= 11 is 0. The Bertz CT molecular complexity index is 71.3. The number of aliphatic hydroxyl groups excluding tert-OH is 1. The van der Waals surface area contributed by atoms with Gasteiger partial charge in [-0.25, -0.2) is 0 Å². The van der Waals surface area contributed by atoms with Crippen LogP contribution in [0.4, 0.5) is 0 Å². The minimum absolute atomic E-state index is 0.0903. The molecule has 56 valence electrons. The van der Waals surface area contributed by atoms with Gasteiger partial charge in [-0.2, -0.15) is 0 Å². The van der Waals surface area contributed by atoms with E-state index in [2.05, 4.69) is 6.92 Å². The molecular weight excluding hydrogens is 114 g/mol. The van der Waals surface area contributed by atoms with Crippen molar-refractivity contribution < 1.29 is 5.11 Å². The molecule has 0 aromatic rings. The summed E-state index contributed by atoms with van der Waals surface area (Å²) in [5, 5.41) is 8.70. The SMILES string of the molecule is CCCC[C@@](C)(N)CO. The molecular formula is C7H17NO. The Morgan fingerprint density at radius 1 is 1.56 bits per heavy atom. The Labute approximate surface area is 57.1 Å². The maximum absolute atomic E-state index is 8.70. The molecule has 2 heteroatoms. The lowest BCUT2D eigenvalue weighted by molar-refractivity contribution is 0.198. The predicted octanol–water partition coefficient (Wildman–Crippen LogP) is 0.886. The van der Waals surface area contributed by atoms with Crippen LogP contribution in [0.1, 0.15) is 33.1 Å². The van der Waals surface area contributed by atoms with Gasteiger partial charge in [0, 0.05) is 5.54 Å². The average Bonchev–Trinajstić information content (AvgIpc) is 1.84. The van der Waals surface area contributed by atoms with Gasteiger partial charge in [0.15, 0.2) is 0 Å². The molecule has 3 N–H and O–H groups in total. The van der Waals surface area contributed by atoms with Gasteiger partial charge in [-0.05, 0) is 13.3 Å². The van der Waals surface area contributed by atoms with Crippen LogP contribution in [0.3, 0.4) is 0 Å². The summed E-state index contributed by atoms with van der Waals surface area (Å²) in [7, 11) is 0. The molecule has 0 rings (SSSR count). The van der Waals surface area contributed by atoms with Crippen LogP contribution in [0.15, 0.2) is 0 Å². The van der Waals surface area contributed by atoms with E-state index in [1.807, 2.05) is 6.92 Å². The fourth-order valence-electron chi connectivity index (χ4n) is 0.660. The van der Waals surface area contributed by atoms with Crippen molar-refractivity contribution in [3.8, 4) is 0 Å². The lowest BCUT2D eigenvalue weighted by Gasteiger charge is -2.20. The molecule has 9 heavy (non-hydrogen) atoms. The second-order valence-electron chi connectivity index (χ2n) is 2.92. The van der Waals surface area contributed by atoms with Crippen LogP contribution in [0.2, 0.25) is 0 Å². The normalized spacial score (nSPS) is 17.3. The van der Waals surface area contributed by atoms with Gasteiger partial charge in [0.1, 0.15) is 0 Å². The summed E-state index contributed by atoms with van der Waals surface area (Å²) in [5.41, 5.74) is 5.30. The van der Waals surface area contributed by atoms with Crippen LogP contribution in [-0.4, -0.2) is 17.3 Å². The second kappa shape index (κ2) is 3.85. The maximum Gasteiger partial charge on any atom is 0.0608 e. The molecule has 0 heterocycles. The number of unbranched alkanes of at least 4 members (excludes halogenated alkanes) is 1. The largest absolute Gasteiger partial charge is 0.394 e. The van der Waals surface area contributed by atoms with Crippen molar-refractivity contribution >= 4 is 0 Å². The minimum Gasteiger partial charge on any atom is -0.394 e. The van der Waals surface area contributed by atoms with Crippen molar-refractivity contribution in [3.05, 3.63) is 0 Å². The van der Waals surface area contributed by atoms with E-state index < -0.39 is 0 Å². The average molecular weight is 131 g/mol. The second-order valence-corrected chi connectivity index (χ2v) is 2.92. The third-order valence-corrected chi connectivity index (χ3v) is 1.46. The highest BCUT2D eigenvalue weighted by atomic mass is 16.3. The number of nitrogens with two attached hydrogens (primary N) is 1. The van der Waals surface area contributed by atoms with Crippen LogP contribution in [0.25, 0.3) is 0 Å². The zero-order valence-electron chi connectivity index (χ0n) is 6.35. The maximum atomic E-state index is 8.70. The first-order valence-corrected chi connectivity index (χ1v) is 3.52. The van der Waals surface area contributed by atoms with Crippen LogP contribution in [0, 0.1) is 0 Å². The van der Waals surface area contributed by atoms with Gasteiger partial charge < -0.3 is 10.8 Å². The van der Waals surface area contributed by atoms with Crippen molar-refractivity contribution in [2.75, 3.05) is 6.61 Å². The molecule has 2 nitrogen and oxygen atoms in total. The molecule has 0 spiro atoms. The summed E-state index contributed by atoms with van der Waals surface area (Å²) in [6.45, 7) is 4.09. The summed E-state index contributed by atoms with van der Waals surface area (Å²) < 4.78 is 0. The van der Waals surface area contributed by atoms with Crippen molar-refractivity contribution in [1.29, 1.82) is 0 Å². The van der Waals surface area contributed by atoms with Crippen molar-refractivity contribution in [3.63, 3.8) is 0 Å². The van der Waals surface area contributed by atoms with E-state index in [-0.39, 0.29) is 12.1 Å². The van der Waals surface area contributed by atoms with Gasteiger partial charge in [0.2, 0.25) is 0 Å². The highest BCUT2D eigenvalue weighted by molar-refractivity contribution is 4.76. The van der Waals surface area contributed by atoms with Crippen molar-refractivity contribution in [2.45, 2.75) is 38.6 Å². The summed E-state index contributed by atoms with van der Waals surface area (Å²) in [5.74, 6) is 0. The Kier molecular flexibility index (Phi) is 3.82. The molecule has 0 fully saturated rings. The molecule has 0 saturated heterocycles. The number of hydrogen-bond donors (Lipinski definition) is 2. The number of rotatable bonds is 4. The standard InChI is InChI=1S/C7H17NO/c1-3-4-5-7(2,8)6-9/h9H,3-6,8H2,1-2H3/t7-/m1/s1. The lowest BCUT2D eigenvalue weighted by atomic mass is 9.98. The minimum atomic E-state index is -0.351. The van der Waals surface area contributed by atoms with E-state index in [0.717, 1.165) is 19.3 Å². The first-order valence-electron chi connectivity index (χ1n) is 3.52. The van der Waals surface area contributed by atoms with Crippen LogP contribution < -0.4 is 5.73 Å². The Morgan fingerprint density at radius 3 is 2.44 bits per heavy atom. The van der Waals surface area contributed by atoms with E-state index in [1.54, 1.807) is 0 Å². The highest BCUT2D eigenvalue weighted by Gasteiger charge is 2.14. The van der Waals surface area contributed by atoms with E-state index >= 15 is 0 Å². The fraction of sp³-hybridized carbons (Fsp3) is 1.00. The van der Waals surface area contributed by atoms with E-state index in [1.165, 1.54) is 0 Å². The Hall–Kier alpha value is -0.0800. The Morgan fingerprint density at radius 2 is 2.11 bits per heavy atom. The lowest BCUT2D eigenvalue weighted by Crippen LogP contribution is -2.39. The van der Waals surface area contributed by atoms with Crippen molar-refractivity contribution in [2.24, 2.45) is 5.73 Å². The highest BCUT2D eigenvalue weighted by Crippen LogP contribution is 2.08. The third-order valence-electron chi connectivity index (χ3n) is 1.46. The predicted molar refractivity (Wildman–Crippen MR) is 39.2 cm³/mol. The van der Waals surface area contributed by atoms with Gasteiger partial charge in [-0.1, -0.05) is 19.8 Å². The summed E-state index contributed by atoms with van der Waals surface area (Å²) in [4.78, 5) is 0. The van der Waals surface area contributed by atoms with E-state index in [0.29, 0.717) is 0 Å². The van der Waals surface area contributed by atoms with Crippen LogP contribution in [-0.2, 0) is 0 Å². The van der Waals surface area contributed by atoms with Crippen LogP contribution >= 0.6 is 0 Å². The van der Waals surface area contributed by atoms with Gasteiger partial charge >= 0.3 is 0 Å². The first-order chi connectivity index (χ1) is 4.12. The van der Waals surface area contributed by atoms with E-state index in [9.17, 15) is 0 Å². The zero-order chi connectivity index (χ0) is 7.33. The summed E-state index contributed by atoms with van der Waals surface area (Å²) in [6, 6.07) is 0. The zero-order valence-corrected chi connectivity index (χ0v) is 6.35. The van der Waals surface area contributed by atoms with Gasteiger partial charge in [-0.15, -0.1) is 0 Å². The Balaban J connectivity index is 3.33. The smallest absolute Gasteiger partial charge is 0.0608 e. The van der Waals surface area contributed by atoms with Gasteiger partial charge in [0.05, 0.1) is 6.61 Å². The first kappa shape index (κ1) is 8.92. The molecule has 0 saturated carbocycles. The quantitative estimate of drug-likeness (QED) is 0.595. The molecule has 0 aromatic carbocycles. The van der Waals surface area contributed by atoms with Crippen molar-refractivity contribution in [1.82, 2.24) is 0 Å². The van der Waals surface area contributed by atoms with Gasteiger partial charge in [0.25, 0.3) is 0 Å². The topological polar surface area (TPSA) is 46.2 Å². The molecule has 1 atom stereocenters. The number of aliphatic hydroxyl groups is 1. The molecule has 0 aromatic heterocycles. The molecule has 0 unspecified atom stereocenters. The fourth-order valence-corrected chi connectivity index (χ4v) is 0.660. The molecule has 0 aliphatic rings. The summed E-state index contributed by atoms with van der Waals surface area (Å²) in [6.07, 6.45) is 3.17. The third kappa shape index (κ3) is 4.43. The van der Waals surface area contributed by atoms with Gasteiger partial charge in [-0.3, -0.25) is 0 Å². The number of hydrogen-bond acceptors (Lipinski definition) is 2. The van der Waals surface area contributed by atoms with E-state index in [4.69, 9.17) is 10.8 Å². The molecule has 0 amide bonds. The molecule has 0 bridgehead atoms. The monoisotopic (exact) mass is 131 g/mol. The van der Waals surface area contributed by atoms with Crippen LogP contribution in [0.5, 0.6) is 0 Å².